The molecule has 1 unspecified atom stereocenters. The number of alkyl halides is 14. The van der Waals surface area contributed by atoms with Gasteiger partial charge < -0.3 is 0 Å². The summed E-state index contributed by atoms with van der Waals surface area (Å²) in [4.78, 5) is 0. The molecule has 200 valence electrons. The van der Waals surface area contributed by atoms with E-state index in [2.05, 4.69) is 8.37 Å². The third kappa shape index (κ3) is 7.67. The topological polar surface area (TPSA) is 86.7 Å². The Morgan fingerprint density at radius 2 is 0.909 bits per heavy atom. The van der Waals surface area contributed by atoms with Gasteiger partial charge in [0, 0.05) is 0 Å². The molecule has 0 aliphatic carbocycles. The van der Waals surface area contributed by atoms with Crippen molar-refractivity contribution in [1.29, 1.82) is 0 Å². The highest BCUT2D eigenvalue weighted by Gasteiger charge is 2.75. The minimum Gasteiger partial charge on any atom is -0.267 e. The number of halogens is 14. The minimum atomic E-state index is -6.92. The lowest BCUT2D eigenvalue weighted by Gasteiger charge is -2.28. The molecule has 0 fully saturated rings. The maximum Gasteiger partial charge on any atom is 0.459 e. The van der Waals surface area contributed by atoms with Crippen LogP contribution < -0.4 is 0 Å². The fourth-order valence-corrected chi connectivity index (χ4v) is 3.95. The van der Waals surface area contributed by atoms with Crippen LogP contribution >= 0.6 is 0 Å². The van der Waals surface area contributed by atoms with Crippen LogP contribution in [0.5, 0.6) is 0 Å². The fourth-order valence-electron chi connectivity index (χ4n) is 1.59. The zero-order chi connectivity index (χ0) is 27.1. The molecule has 0 saturated heterocycles. The second-order valence-corrected chi connectivity index (χ2v) is 9.38. The van der Waals surface area contributed by atoms with Gasteiger partial charge in [-0.05, 0) is 6.92 Å². The normalized spacial score (nSPS) is 16.7. The fraction of sp³-hybridized carbons (Fsp3) is 1.00. The molecule has 0 aliphatic heterocycles. The Balaban J connectivity index is 5.29. The average molecular weight is 568 g/mol. The van der Waals surface area contributed by atoms with Crippen molar-refractivity contribution in [1.82, 2.24) is 0 Å². The van der Waals surface area contributed by atoms with Crippen molar-refractivity contribution in [2.45, 2.75) is 49.1 Å². The Kier molecular flexibility index (Phi) is 8.81. The molecule has 0 spiro atoms. The zero-order valence-electron chi connectivity index (χ0n) is 15.3. The van der Waals surface area contributed by atoms with Crippen molar-refractivity contribution in [2.24, 2.45) is 0 Å². The summed E-state index contributed by atoms with van der Waals surface area (Å²) < 4.78 is 227. The lowest BCUT2D eigenvalue weighted by atomic mass is 10.2. The first-order chi connectivity index (χ1) is 14.0. The van der Waals surface area contributed by atoms with Crippen molar-refractivity contribution in [3.05, 3.63) is 0 Å². The van der Waals surface area contributed by atoms with E-state index in [1.165, 1.54) is 0 Å². The first-order valence-corrected chi connectivity index (χ1v) is 10.6. The van der Waals surface area contributed by atoms with E-state index >= 15 is 0 Å². The van der Waals surface area contributed by atoms with Crippen molar-refractivity contribution in [3.63, 3.8) is 0 Å². The molecule has 0 heterocycles. The second kappa shape index (κ2) is 9.13. The summed E-state index contributed by atoms with van der Waals surface area (Å²) in [6, 6.07) is 0. The predicted octanol–water partition coefficient (Wildman–Crippen LogP) is 3.73. The van der Waals surface area contributed by atoms with E-state index in [0.29, 0.717) is 6.92 Å². The van der Waals surface area contributed by atoms with E-state index in [0.717, 1.165) is 0 Å². The molecule has 0 aliphatic rings. The Labute approximate surface area is 175 Å². The Hall–Kier alpha value is -1.16. The van der Waals surface area contributed by atoms with Gasteiger partial charge in [-0.25, -0.2) is 0 Å². The summed E-state index contributed by atoms with van der Waals surface area (Å²) >= 11 is 0. The number of hydrogen-bond donors (Lipinski definition) is 0. The van der Waals surface area contributed by atoms with Gasteiger partial charge in [-0.3, -0.25) is 8.37 Å². The van der Waals surface area contributed by atoms with Crippen molar-refractivity contribution < 1.29 is 86.7 Å². The van der Waals surface area contributed by atoms with Crippen molar-refractivity contribution >= 4 is 20.2 Å². The lowest BCUT2D eigenvalue weighted by Crippen LogP contribution is -2.55. The van der Waals surface area contributed by atoms with E-state index in [1.807, 2.05) is 0 Å². The van der Waals surface area contributed by atoms with Gasteiger partial charge in [0.2, 0.25) is 0 Å². The van der Waals surface area contributed by atoms with Crippen LogP contribution in [0.4, 0.5) is 61.5 Å². The van der Waals surface area contributed by atoms with Crippen molar-refractivity contribution in [3.8, 4) is 0 Å². The molecule has 0 aromatic rings. The summed E-state index contributed by atoms with van der Waals surface area (Å²) in [6.45, 7) is -1.52. The maximum atomic E-state index is 13.1. The highest BCUT2D eigenvalue weighted by atomic mass is 32.2. The van der Waals surface area contributed by atoms with Gasteiger partial charge in [-0.15, -0.1) is 0 Å². The Bertz CT molecular complexity index is 890. The molecule has 0 amide bonds. The van der Waals surface area contributed by atoms with Gasteiger partial charge in [0.25, 0.3) is 20.2 Å². The first-order valence-electron chi connectivity index (χ1n) is 7.44. The average Bonchev–Trinajstić information content (AvgIpc) is 2.47. The smallest absolute Gasteiger partial charge is 0.267 e. The van der Waals surface area contributed by atoms with Gasteiger partial charge in [-0.2, -0.15) is 78.3 Å². The van der Waals surface area contributed by atoms with E-state index in [1.54, 1.807) is 0 Å². The van der Waals surface area contributed by atoms with Crippen LogP contribution in [0.1, 0.15) is 6.92 Å². The van der Waals surface area contributed by atoms with Crippen LogP contribution in [0.2, 0.25) is 0 Å². The van der Waals surface area contributed by atoms with Crippen LogP contribution in [-0.2, 0) is 28.6 Å². The highest BCUT2D eigenvalue weighted by molar-refractivity contribution is 7.87. The van der Waals surface area contributed by atoms with E-state index < -0.39 is 80.5 Å². The largest absolute Gasteiger partial charge is 0.459 e. The standard InChI is InChI=1S/C11H10F14O6S2/c1-5(31-33(28,29)4-7(14,15)9(18,19)11(23,24)25)2-30-32(26,27)3-6(12,13)8(16,17)10(20,21)22/h5H,2-4H2,1H3. The predicted molar refractivity (Wildman–Crippen MR) is 76.0 cm³/mol. The molecule has 6 nitrogen and oxygen atoms in total. The van der Waals surface area contributed by atoms with E-state index in [-0.39, 0.29) is 0 Å². The molecule has 33 heavy (non-hydrogen) atoms. The molecule has 0 N–H and O–H groups in total. The molecule has 0 aromatic heterocycles. The molecular formula is C11H10F14O6S2. The molecule has 0 radical (unpaired) electrons. The molecule has 0 bridgehead atoms. The van der Waals surface area contributed by atoms with Crippen LogP contribution in [0.15, 0.2) is 0 Å². The third-order valence-corrected chi connectivity index (χ3v) is 5.69. The van der Waals surface area contributed by atoms with E-state index in [4.69, 9.17) is 0 Å². The van der Waals surface area contributed by atoms with Crippen molar-refractivity contribution in [2.75, 3.05) is 18.1 Å². The maximum absolute atomic E-state index is 13.1. The highest BCUT2D eigenvalue weighted by Crippen LogP contribution is 2.48. The monoisotopic (exact) mass is 568 g/mol. The van der Waals surface area contributed by atoms with Gasteiger partial charge >= 0.3 is 36.0 Å². The molecule has 22 heteroatoms. The van der Waals surface area contributed by atoms with Crippen LogP contribution in [0, 0.1) is 0 Å². The third-order valence-electron chi connectivity index (χ3n) is 3.14. The summed E-state index contributed by atoms with van der Waals surface area (Å²) in [5.41, 5.74) is 0. The summed E-state index contributed by atoms with van der Waals surface area (Å²) in [7, 11) is -12.1. The van der Waals surface area contributed by atoms with Gasteiger partial charge in [-0.1, -0.05) is 0 Å². The van der Waals surface area contributed by atoms with Gasteiger partial charge in [0.15, 0.2) is 0 Å². The van der Waals surface area contributed by atoms with E-state index in [9.17, 15) is 78.3 Å². The summed E-state index contributed by atoms with van der Waals surface area (Å²) in [5.74, 6) is -33.0. The summed E-state index contributed by atoms with van der Waals surface area (Å²) in [6.07, 6.45) is -16.3. The number of rotatable bonds is 11. The van der Waals surface area contributed by atoms with Crippen LogP contribution in [0.3, 0.4) is 0 Å². The molecule has 0 rings (SSSR count). The molecule has 0 saturated carbocycles. The van der Waals surface area contributed by atoms with Gasteiger partial charge in [0.05, 0.1) is 12.7 Å². The van der Waals surface area contributed by atoms with Crippen LogP contribution in [-0.4, -0.2) is 77.1 Å². The molecule has 1 atom stereocenters. The molecule has 0 aromatic carbocycles. The minimum absolute atomic E-state index is 0.343. The molecular weight excluding hydrogens is 558 g/mol. The lowest BCUT2D eigenvalue weighted by molar-refractivity contribution is -0.349. The quantitative estimate of drug-likeness (QED) is 0.279. The zero-order valence-corrected chi connectivity index (χ0v) is 16.9. The Morgan fingerprint density at radius 1 is 0.606 bits per heavy atom. The second-order valence-electron chi connectivity index (χ2n) is 6.15. The number of hydrogen-bond acceptors (Lipinski definition) is 6. The summed E-state index contributed by atoms with van der Waals surface area (Å²) in [5, 5.41) is 0. The Morgan fingerprint density at radius 3 is 1.21 bits per heavy atom. The SMILES string of the molecule is CC(COS(=O)(=O)CC(F)(F)C(F)(F)C(F)(F)F)OS(=O)(=O)CC(F)(F)C(F)(F)C(F)(F)F. The van der Waals surface area contributed by atoms with Crippen LogP contribution in [0.25, 0.3) is 0 Å². The first kappa shape index (κ1) is 31.8. The van der Waals surface area contributed by atoms with Gasteiger partial charge in [0.1, 0.15) is 11.5 Å².